The molecule has 0 atom stereocenters. The van der Waals surface area contributed by atoms with E-state index < -0.39 is 0 Å². The second-order valence-electron chi connectivity index (χ2n) is 6.97. The summed E-state index contributed by atoms with van der Waals surface area (Å²) in [6.45, 7) is 3.63. The Bertz CT molecular complexity index is 815. The Hall–Kier alpha value is -3.06. The molecule has 0 aliphatic carbocycles. The highest BCUT2D eigenvalue weighted by molar-refractivity contribution is 5.97. The van der Waals surface area contributed by atoms with Crippen LogP contribution in [0.1, 0.15) is 15.9 Å². The molecule has 28 heavy (non-hydrogen) atoms. The molecular weight excluding hydrogens is 356 g/mol. The van der Waals surface area contributed by atoms with Crippen molar-refractivity contribution in [2.24, 2.45) is 0 Å². The Kier molecular flexibility index (Phi) is 6.49. The van der Waals surface area contributed by atoms with E-state index in [0.29, 0.717) is 37.3 Å². The quantitative estimate of drug-likeness (QED) is 0.740. The van der Waals surface area contributed by atoms with Crippen LogP contribution in [0.25, 0.3) is 0 Å². The van der Waals surface area contributed by atoms with E-state index in [2.05, 4.69) is 15.5 Å². The molecule has 2 aromatic carbocycles. The highest BCUT2D eigenvalue weighted by Gasteiger charge is 2.20. The van der Waals surface area contributed by atoms with Crippen LogP contribution in [0.3, 0.4) is 0 Å². The largest absolute Gasteiger partial charge is 0.508 e. The minimum atomic E-state index is -0.317. The monoisotopic (exact) mass is 382 g/mol. The first-order valence-corrected chi connectivity index (χ1v) is 9.42. The average molecular weight is 382 g/mol. The first-order valence-electron chi connectivity index (χ1n) is 9.42. The first kappa shape index (κ1) is 19.7. The molecule has 0 radical (unpaired) electrons. The molecule has 1 saturated heterocycles. The second kappa shape index (κ2) is 9.23. The number of rotatable bonds is 5. The third-order valence-corrected chi connectivity index (χ3v) is 4.79. The standard InChI is InChI=1S/C21H26N4O3/c1-24-11-13-25(14-12-24)20(27)17-3-2-4-18(15-17)23-21(28)22-10-9-16-5-7-19(26)8-6-16/h2-8,15,26H,9-14H2,1H3,(H2,22,23,28). The molecule has 1 heterocycles. The van der Waals surface area contributed by atoms with Gasteiger partial charge in [-0.3, -0.25) is 4.79 Å². The second-order valence-corrected chi connectivity index (χ2v) is 6.97. The summed E-state index contributed by atoms with van der Waals surface area (Å²) < 4.78 is 0. The number of urea groups is 1. The maximum Gasteiger partial charge on any atom is 0.319 e. The molecule has 1 fully saturated rings. The van der Waals surface area contributed by atoms with Gasteiger partial charge in [-0.1, -0.05) is 18.2 Å². The van der Waals surface area contributed by atoms with Gasteiger partial charge in [-0.15, -0.1) is 0 Å². The number of phenolic OH excluding ortho intramolecular Hbond substituents is 1. The number of hydrogen-bond donors (Lipinski definition) is 3. The van der Waals surface area contributed by atoms with Gasteiger partial charge < -0.3 is 25.5 Å². The van der Waals surface area contributed by atoms with E-state index in [1.807, 2.05) is 24.1 Å². The lowest BCUT2D eigenvalue weighted by atomic mass is 10.1. The van der Waals surface area contributed by atoms with E-state index >= 15 is 0 Å². The molecule has 7 nitrogen and oxygen atoms in total. The molecule has 0 spiro atoms. The molecule has 7 heteroatoms. The SMILES string of the molecule is CN1CCN(C(=O)c2cccc(NC(=O)NCCc3ccc(O)cc3)c2)CC1. The number of hydrogen-bond acceptors (Lipinski definition) is 4. The van der Waals surface area contributed by atoms with Crippen LogP contribution in [-0.2, 0) is 6.42 Å². The van der Waals surface area contributed by atoms with Crippen LogP contribution in [0.2, 0.25) is 0 Å². The fourth-order valence-corrected chi connectivity index (χ4v) is 3.08. The number of carbonyl (C=O) groups is 2. The maximum atomic E-state index is 12.7. The molecule has 3 amide bonds. The van der Waals surface area contributed by atoms with E-state index in [0.717, 1.165) is 18.7 Å². The summed E-state index contributed by atoms with van der Waals surface area (Å²) in [7, 11) is 2.05. The van der Waals surface area contributed by atoms with Crippen molar-refractivity contribution < 1.29 is 14.7 Å². The van der Waals surface area contributed by atoms with Gasteiger partial charge in [0.1, 0.15) is 5.75 Å². The molecule has 1 aliphatic heterocycles. The van der Waals surface area contributed by atoms with Crippen molar-refractivity contribution >= 4 is 17.6 Å². The topological polar surface area (TPSA) is 84.9 Å². The number of amides is 3. The summed E-state index contributed by atoms with van der Waals surface area (Å²) in [6, 6.07) is 13.6. The van der Waals surface area contributed by atoms with E-state index in [9.17, 15) is 14.7 Å². The zero-order valence-corrected chi connectivity index (χ0v) is 16.0. The highest BCUT2D eigenvalue weighted by Crippen LogP contribution is 2.14. The Labute approximate surface area is 165 Å². The van der Waals surface area contributed by atoms with Crippen molar-refractivity contribution in [1.29, 1.82) is 0 Å². The first-order chi connectivity index (χ1) is 13.5. The Balaban J connectivity index is 1.50. The summed E-state index contributed by atoms with van der Waals surface area (Å²) in [4.78, 5) is 28.8. The van der Waals surface area contributed by atoms with Gasteiger partial charge in [0.05, 0.1) is 0 Å². The van der Waals surface area contributed by atoms with E-state index in [1.165, 1.54) is 0 Å². The Morgan fingerprint density at radius 1 is 1.04 bits per heavy atom. The molecular formula is C21H26N4O3. The normalized spacial score (nSPS) is 14.5. The third kappa shape index (κ3) is 5.47. The van der Waals surface area contributed by atoms with E-state index in [4.69, 9.17) is 0 Å². The number of aromatic hydroxyl groups is 1. The molecule has 3 N–H and O–H groups in total. The molecule has 0 bridgehead atoms. The number of benzene rings is 2. The van der Waals surface area contributed by atoms with E-state index in [1.54, 1.807) is 36.4 Å². The van der Waals surface area contributed by atoms with Crippen molar-refractivity contribution in [3.8, 4) is 5.75 Å². The van der Waals surface area contributed by atoms with Gasteiger partial charge in [-0.25, -0.2) is 4.79 Å². The fourth-order valence-electron chi connectivity index (χ4n) is 3.08. The Morgan fingerprint density at radius 2 is 1.75 bits per heavy atom. The number of likely N-dealkylation sites (N-methyl/N-ethyl adjacent to an activating group) is 1. The molecule has 0 saturated carbocycles. The smallest absolute Gasteiger partial charge is 0.319 e. The van der Waals surface area contributed by atoms with Crippen molar-refractivity contribution in [3.05, 3.63) is 59.7 Å². The van der Waals surface area contributed by atoms with Crippen LogP contribution in [0.5, 0.6) is 5.75 Å². The number of nitrogens with zero attached hydrogens (tertiary/aromatic N) is 2. The van der Waals surface area contributed by atoms with Crippen LogP contribution in [0, 0.1) is 0 Å². The minimum Gasteiger partial charge on any atom is -0.508 e. The summed E-state index contributed by atoms with van der Waals surface area (Å²) in [6.07, 6.45) is 0.662. The van der Waals surface area contributed by atoms with Crippen molar-refractivity contribution in [1.82, 2.24) is 15.1 Å². The van der Waals surface area contributed by atoms with Gasteiger partial charge in [0.15, 0.2) is 0 Å². The predicted molar refractivity (Wildman–Crippen MR) is 109 cm³/mol. The van der Waals surface area contributed by atoms with Gasteiger partial charge in [-0.2, -0.15) is 0 Å². The minimum absolute atomic E-state index is 0.00973. The number of phenols is 1. The molecule has 2 aromatic rings. The van der Waals surface area contributed by atoms with Gasteiger partial charge in [0.2, 0.25) is 0 Å². The van der Waals surface area contributed by atoms with Crippen molar-refractivity contribution in [2.45, 2.75) is 6.42 Å². The molecule has 1 aliphatic rings. The molecule has 0 aromatic heterocycles. The molecule has 0 unspecified atom stereocenters. The summed E-state index contributed by atoms with van der Waals surface area (Å²) in [5.74, 6) is 0.213. The number of nitrogens with one attached hydrogen (secondary N) is 2. The molecule has 148 valence electrons. The van der Waals surface area contributed by atoms with Crippen LogP contribution < -0.4 is 10.6 Å². The van der Waals surface area contributed by atoms with Crippen molar-refractivity contribution in [3.63, 3.8) is 0 Å². The van der Waals surface area contributed by atoms with Crippen LogP contribution in [-0.4, -0.2) is 66.6 Å². The zero-order chi connectivity index (χ0) is 19.9. The van der Waals surface area contributed by atoms with Crippen molar-refractivity contribution in [2.75, 3.05) is 45.1 Å². The Morgan fingerprint density at radius 3 is 2.46 bits per heavy atom. The predicted octanol–water partition coefficient (Wildman–Crippen LogP) is 2.14. The summed E-state index contributed by atoms with van der Waals surface area (Å²) >= 11 is 0. The number of piperazine rings is 1. The lowest BCUT2D eigenvalue weighted by Gasteiger charge is -2.32. The van der Waals surface area contributed by atoms with E-state index in [-0.39, 0.29) is 17.7 Å². The van der Waals surface area contributed by atoms with Crippen LogP contribution in [0.4, 0.5) is 10.5 Å². The lowest BCUT2D eigenvalue weighted by molar-refractivity contribution is 0.0664. The lowest BCUT2D eigenvalue weighted by Crippen LogP contribution is -2.47. The van der Waals surface area contributed by atoms with Gasteiger partial charge in [-0.05, 0) is 49.4 Å². The highest BCUT2D eigenvalue weighted by atomic mass is 16.3. The number of carbonyl (C=O) groups excluding carboxylic acids is 2. The average Bonchev–Trinajstić information content (AvgIpc) is 2.70. The van der Waals surface area contributed by atoms with Gasteiger partial charge in [0, 0.05) is 44.0 Å². The number of anilines is 1. The van der Waals surface area contributed by atoms with Crippen LogP contribution in [0.15, 0.2) is 48.5 Å². The van der Waals surface area contributed by atoms with Crippen LogP contribution >= 0.6 is 0 Å². The van der Waals surface area contributed by atoms with Gasteiger partial charge in [0.25, 0.3) is 5.91 Å². The maximum absolute atomic E-state index is 12.7. The third-order valence-electron chi connectivity index (χ3n) is 4.79. The zero-order valence-electron chi connectivity index (χ0n) is 16.0. The van der Waals surface area contributed by atoms with Gasteiger partial charge >= 0.3 is 6.03 Å². The molecule has 3 rings (SSSR count). The summed E-state index contributed by atoms with van der Waals surface area (Å²) in [5.41, 5.74) is 2.19. The fraction of sp³-hybridized carbons (Fsp3) is 0.333. The summed E-state index contributed by atoms with van der Waals surface area (Å²) in [5, 5.41) is 14.9.